The summed E-state index contributed by atoms with van der Waals surface area (Å²) in [5, 5.41) is 2.20. The second-order valence-electron chi connectivity index (χ2n) is 10.5. The summed E-state index contributed by atoms with van der Waals surface area (Å²) in [6, 6.07) is 44.6. The molecule has 0 fully saturated rings. The van der Waals surface area contributed by atoms with Crippen molar-refractivity contribution >= 4 is 21.8 Å². The molecule has 2 aliphatic rings. The Morgan fingerprint density at radius 1 is 0.525 bits per heavy atom. The van der Waals surface area contributed by atoms with Crippen LogP contribution < -0.4 is 4.74 Å². The van der Waals surface area contributed by atoms with Gasteiger partial charge in [0, 0.05) is 33.7 Å². The van der Waals surface area contributed by atoms with Gasteiger partial charge in [-0.05, 0) is 40.5 Å². The zero-order valence-electron chi connectivity index (χ0n) is 21.5. The molecule has 0 N–H and O–H groups in total. The van der Waals surface area contributed by atoms with Crippen LogP contribution in [0.3, 0.4) is 0 Å². The van der Waals surface area contributed by atoms with Crippen molar-refractivity contribution in [2.75, 3.05) is 0 Å². The van der Waals surface area contributed by atoms with E-state index in [2.05, 4.69) is 115 Å². The quantitative estimate of drug-likeness (QED) is 0.207. The van der Waals surface area contributed by atoms with E-state index in [1.807, 2.05) is 18.2 Å². The normalized spacial score (nSPS) is 13.9. The zero-order chi connectivity index (χ0) is 26.3. The van der Waals surface area contributed by atoms with E-state index < -0.39 is 5.41 Å². The Hall–Kier alpha value is -5.28. The Kier molecular flexibility index (Phi) is 4.26. The van der Waals surface area contributed by atoms with Gasteiger partial charge in [-0.15, -0.1) is 0 Å². The van der Waals surface area contributed by atoms with Crippen molar-refractivity contribution in [2.45, 2.75) is 5.41 Å². The molecule has 2 aromatic heterocycles. The highest BCUT2D eigenvalue weighted by molar-refractivity contribution is 6.11. The van der Waals surface area contributed by atoms with E-state index in [4.69, 9.17) is 14.7 Å². The molecule has 0 saturated carbocycles. The van der Waals surface area contributed by atoms with Gasteiger partial charge >= 0.3 is 0 Å². The Labute approximate surface area is 231 Å². The van der Waals surface area contributed by atoms with Crippen molar-refractivity contribution in [3.8, 4) is 33.9 Å². The molecular weight excluding hydrogens is 488 g/mol. The molecule has 3 nitrogen and oxygen atoms in total. The number of benzene rings is 5. The van der Waals surface area contributed by atoms with Crippen LogP contribution in [0.4, 0.5) is 0 Å². The fourth-order valence-electron chi connectivity index (χ4n) is 6.94. The molecule has 0 unspecified atom stereocenters. The molecule has 40 heavy (non-hydrogen) atoms. The Morgan fingerprint density at radius 2 is 1.18 bits per heavy atom. The van der Waals surface area contributed by atoms with Crippen LogP contribution in [0, 0.1) is 0 Å². The number of hydrogen-bond acceptors (Lipinski definition) is 3. The molecule has 0 radical (unpaired) electrons. The molecule has 1 aliphatic heterocycles. The fourth-order valence-corrected chi connectivity index (χ4v) is 6.94. The van der Waals surface area contributed by atoms with E-state index in [0.717, 1.165) is 55.7 Å². The lowest BCUT2D eigenvalue weighted by Gasteiger charge is -2.39. The van der Waals surface area contributed by atoms with Gasteiger partial charge in [-0.3, -0.25) is 4.98 Å². The Bertz CT molecular complexity index is 2100. The highest BCUT2D eigenvalue weighted by Crippen LogP contribution is 2.62. The van der Waals surface area contributed by atoms with Gasteiger partial charge in [-0.2, -0.15) is 0 Å². The number of aromatic nitrogens is 2. The minimum atomic E-state index is -0.521. The lowest BCUT2D eigenvalue weighted by Crippen LogP contribution is -2.32. The van der Waals surface area contributed by atoms with Crippen molar-refractivity contribution < 1.29 is 4.74 Å². The largest absolute Gasteiger partial charge is 0.457 e. The molecule has 0 bridgehead atoms. The predicted molar refractivity (Wildman–Crippen MR) is 160 cm³/mol. The van der Waals surface area contributed by atoms with Crippen LogP contribution in [-0.2, 0) is 5.41 Å². The average Bonchev–Trinajstić information content (AvgIpc) is 3.32. The number of para-hydroxylation sites is 2. The Balaban J connectivity index is 1.41. The number of rotatable bonds is 1. The van der Waals surface area contributed by atoms with Crippen molar-refractivity contribution in [1.29, 1.82) is 0 Å². The van der Waals surface area contributed by atoms with Crippen LogP contribution in [0.15, 0.2) is 134 Å². The number of pyridine rings is 2. The minimum Gasteiger partial charge on any atom is -0.457 e. The highest BCUT2D eigenvalue weighted by Gasteiger charge is 2.51. The van der Waals surface area contributed by atoms with Gasteiger partial charge in [0.2, 0.25) is 0 Å². The van der Waals surface area contributed by atoms with Gasteiger partial charge in [0.15, 0.2) is 0 Å². The summed E-state index contributed by atoms with van der Waals surface area (Å²) in [6.45, 7) is 0. The van der Waals surface area contributed by atoms with Crippen molar-refractivity contribution in [3.63, 3.8) is 0 Å². The van der Waals surface area contributed by atoms with Gasteiger partial charge in [0.25, 0.3) is 0 Å². The van der Waals surface area contributed by atoms with Gasteiger partial charge in [-0.1, -0.05) is 109 Å². The number of hydrogen-bond donors (Lipinski definition) is 0. The summed E-state index contributed by atoms with van der Waals surface area (Å²) in [5.74, 6) is 1.77. The topological polar surface area (TPSA) is 35.0 Å². The van der Waals surface area contributed by atoms with E-state index in [-0.39, 0.29) is 0 Å². The second kappa shape index (κ2) is 7.87. The second-order valence-corrected chi connectivity index (χ2v) is 10.5. The molecule has 9 rings (SSSR count). The van der Waals surface area contributed by atoms with Gasteiger partial charge in [0.05, 0.1) is 22.1 Å². The van der Waals surface area contributed by atoms with E-state index in [9.17, 15) is 0 Å². The van der Waals surface area contributed by atoms with Crippen LogP contribution in [-0.4, -0.2) is 9.97 Å². The smallest absolute Gasteiger partial charge is 0.132 e. The van der Waals surface area contributed by atoms with Crippen LogP contribution in [0.5, 0.6) is 11.5 Å². The van der Waals surface area contributed by atoms with Crippen LogP contribution >= 0.6 is 0 Å². The molecule has 0 amide bonds. The number of ether oxygens (including phenoxy) is 1. The summed E-state index contributed by atoms with van der Waals surface area (Å²) in [5.41, 5.74) is 10.6. The summed E-state index contributed by atoms with van der Waals surface area (Å²) in [4.78, 5) is 10.3. The van der Waals surface area contributed by atoms with Crippen LogP contribution in [0.25, 0.3) is 44.2 Å². The third-order valence-electron chi connectivity index (χ3n) is 8.57. The first-order valence-electron chi connectivity index (χ1n) is 13.6. The first kappa shape index (κ1) is 21.6. The lowest BCUT2D eigenvalue weighted by molar-refractivity contribution is 0.436. The summed E-state index contributed by atoms with van der Waals surface area (Å²) < 4.78 is 6.46. The minimum absolute atomic E-state index is 0.521. The zero-order valence-corrected chi connectivity index (χ0v) is 21.5. The molecule has 0 atom stereocenters. The molecule has 7 aromatic rings. The van der Waals surface area contributed by atoms with Crippen molar-refractivity contribution in [1.82, 2.24) is 9.97 Å². The van der Waals surface area contributed by atoms with Crippen LogP contribution in [0.1, 0.15) is 22.3 Å². The van der Waals surface area contributed by atoms with E-state index >= 15 is 0 Å². The SMILES string of the molecule is c1ccc(-c2ccc3ccc4c5c(cnc4c3n2)C2(c3ccccc3Oc3ccccc32)c2ccccc2-5)cc1. The third kappa shape index (κ3) is 2.69. The summed E-state index contributed by atoms with van der Waals surface area (Å²) in [7, 11) is 0. The molecule has 3 heteroatoms. The maximum atomic E-state index is 6.46. The van der Waals surface area contributed by atoms with Crippen molar-refractivity contribution in [2.24, 2.45) is 0 Å². The predicted octanol–water partition coefficient (Wildman–Crippen LogP) is 8.92. The standard InChI is InChI=1S/C37H22N2O/c1-2-10-23(11-3-1)31-21-19-24-18-20-26-34-25-12-4-5-13-27(25)37(30(34)22-38-36(26)35(24)39-31)28-14-6-8-16-32(28)40-33-17-9-7-15-29(33)37/h1-22H. The van der Waals surface area contributed by atoms with Gasteiger partial charge < -0.3 is 4.74 Å². The number of nitrogens with zero attached hydrogens (tertiary/aromatic N) is 2. The Morgan fingerprint density at radius 3 is 1.95 bits per heavy atom. The third-order valence-corrected chi connectivity index (χ3v) is 8.57. The van der Waals surface area contributed by atoms with Gasteiger partial charge in [-0.25, -0.2) is 4.98 Å². The summed E-state index contributed by atoms with van der Waals surface area (Å²) in [6.07, 6.45) is 2.09. The highest BCUT2D eigenvalue weighted by atomic mass is 16.5. The first-order valence-corrected chi connectivity index (χ1v) is 13.6. The fraction of sp³-hybridized carbons (Fsp3) is 0.0270. The van der Waals surface area contributed by atoms with Crippen molar-refractivity contribution in [3.05, 3.63) is 156 Å². The average molecular weight is 511 g/mol. The molecule has 0 saturated heterocycles. The van der Waals surface area contributed by atoms with E-state index in [0.29, 0.717) is 0 Å². The molecule has 1 aliphatic carbocycles. The molecule has 186 valence electrons. The lowest BCUT2D eigenvalue weighted by atomic mass is 9.66. The molecule has 1 spiro atoms. The van der Waals surface area contributed by atoms with Gasteiger partial charge in [0.1, 0.15) is 11.5 Å². The monoisotopic (exact) mass is 510 g/mol. The summed E-state index contributed by atoms with van der Waals surface area (Å²) >= 11 is 0. The maximum absolute atomic E-state index is 6.46. The van der Waals surface area contributed by atoms with E-state index in [1.165, 1.54) is 22.3 Å². The van der Waals surface area contributed by atoms with Crippen LogP contribution in [0.2, 0.25) is 0 Å². The molecule has 5 aromatic carbocycles. The maximum Gasteiger partial charge on any atom is 0.132 e. The molecule has 3 heterocycles. The van der Waals surface area contributed by atoms with E-state index in [1.54, 1.807) is 0 Å². The number of fused-ring (bicyclic) bond motifs is 13. The molecular formula is C37H22N2O. The first-order chi connectivity index (χ1) is 19.8.